The molecule has 2 aromatic rings. The van der Waals surface area contributed by atoms with Crippen LogP contribution in [0.5, 0.6) is 5.75 Å². The summed E-state index contributed by atoms with van der Waals surface area (Å²) < 4.78 is 41.5. The first-order valence-corrected chi connectivity index (χ1v) is 10.6. The molecule has 2 aliphatic rings. The van der Waals surface area contributed by atoms with Crippen molar-refractivity contribution in [1.82, 2.24) is 9.88 Å². The predicted molar refractivity (Wildman–Crippen MR) is 117 cm³/mol. The number of carbonyl (C=O) groups is 2. The van der Waals surface area contributed by atoms with E-state index in [-0.39, 0.29) is 17.6 Å². The van der Waals surface area contributed by atoms with Gasteiger partial charge in [-0.1, -0.05) is 18.2 Å². The Morgan fingerprint density at radius 2 is 2.00 bits per heavy atom. The van der Waals surface area contributed by atoms with Crippen LogP contribution in [0.25, 0.3) is 11.6 Å². The van der Waals surface area contributed by atoms with Gasteiger partial charge in [-0.15, -0.1) is 13.2 Å². The molecule has 0 atom stereocenters. The molecular weight excluding hydrogens is 435 g/mol. The number of halogens is 3. The Bertz CT molecular complexity index is 1130. The van der Waals surface area contributed by atoms with Crippen molar-refractivity contribution in [3.05, 3.63) is 65.4 Å². The fourth-order valence-electron chi connectivity index (χ4n) is 3.88. The van der Waals surface area contributed by atoms with Crippen LogP contribution in [0.3, 0.4) is 0 Å². The van der Waals surface area contributed by atoms with Crippen molar-refractivity contribution in [2.45, 2.75) is 32.0 Å². The molecular formula is C24H22F3N3O3. The largest absolute Gasteiger partial charge is 0.573 e. The number of pyridine rings is 1. The zero-order valence-electron chi connectivity index (χ0n) is 17.7. The fraction of sp³-hybridized carbons (Fsp3) is 0.292. The molecule has 3 heterocycles. The minimum absolute atomic E-state index is 0.0535. The summed E-state index contributed by atoms with van der Waals surface area (Å²) in [7, 11) is 0. The second kappa shape index (κ2) is 9.48. The summed E-state index contributed by atoms with van der Waals surface area (Å²) in [5.41, 5.74) is 3.23. The molecule has 0 fully saturated rings. The molecule has 172 valence electrons. The zero-order valence-corrected chi connectivity index (χ0v) is 17.7. The van der Waals surface area contributed by atoms with Crippen molar-refractivity contribution in [3.8, 4) is 5.75 Å². The summed E-state index contributed by atoms with van der Waals surface area (Å²) >= 11 is 0. The predicted octanol–water partition coefficient (Wildman–Crippen LogP) is 4.58. The second-order valence-corrected chi connectivity index (χ2v) is 7.83. The number of hydrogen-bond donors (Lipinski definition) is 1. The second-order valence-electron chi connectivity index (χ2n) is 7.83. The lowest BCUT2D eigenvalue weighted by molar-refractivity contribution is -0.274. The SMILES string of the molecule is O=C1CCc2cc(/C=C/C(=O)N3CCC=C(c4cccc(OC(F)(F)F)c4)CC3)cnc2N1. The van der Waals surface area contributed by atoms with E-state index in [1.807, 2.05) is 12.1 Å². The van der Waals surface area contributed by atoms with Gasteiger partial charge in [0.05, 0.1) is 0 Å². The van der Waals surface area contributed by atoms with E-state index in [0.29, 0.717) is 50.2 Å². The summed E-state index contributed by atoms with van der Waals surface area (Å²) in [6.07, 6.45) is 4.14. The summed E-state index contributed by atoms with van der Waals surface area (Å²) in [6.45, 7) is 0.966. The highest BCUT2D eigenvalue weighted by atomic mass is 19.4. The number of anilines is 1. The number of hydrogen-bond acceptors (Lipinski definition) is 4. The van der Waals surface area contributed by atoms with E-state index in [1.54, 1.807) is 23.2 Å². The number of aryl methyl sites for hydroxylation is 1. The van der Waals surface area contributed by atoms with Gasteiger partial charge < -0.3 is 15.0 Å². The van der Waals surface area contributed by atoms with E-state index < -0.39 is 6.36 Å². The topological polar surface area (TPSA) is 71.5 Å². The van der Waals surface area contributed by atoms with Crippen LogP contribution in [0.2, 0.25) is 0 Å². The summed E-state index contributed by atoms with van der Waals surface area (Å²) in [5.74, 6) is 0.0943. The van der Waals surface area contributed by atoms with Crippen LogP contribution in [-0.2, 0) is 16.0 Å². The highest BCUT2D eigenvalue weighted by molar-refractivity contribution is 5.94. The molecule has 0 unspecified atom stereocenters. The molecule has 6 nitrogen and oxygen atoms in total. The van der Waals surface area contributed by atoms with E-state index in [4.69, 9.17) is 0 Å². The van der Waals surface area contributed by atoms with E-state index >= 15 is 0 Å². The molecule has 0 radical (unpaired) electrons. The molecule has 9 heteroatoms. The molecule has 1 aromatic heterocycles. The van der Waals surface area contributed by atoms with Crippen molar-refractivity contribution in [2.24, 2.45) is 0 Å². The molecule has 0 saturated heterocycles. The zero-order chi connectivity index (χ0) is 23.4. The standard InChI is InChI=1S/C24H22F3N3O3/c25-24(26,27)33-20-5-1-3-18(14-20)17-4-2-11-30(12-10-17)22(32)9-6-16-13-19-7-8-21(31)29-23(19)28-15-16/h1,3-6,9,13-15H,2,7-8,10-12H2,(H,28,29,31)/b9-6+. The average Bonchev–Trinajstić information content (AvgIpc) is 3.03. The number of benzene rings is 1. The number of amides is 2. The number of fused-ring (bicyclic) bond motifs is 1. The van der Waals surface area contributed by atoms with Crippen molar-refractivity contribution < 1.29 is 27.5 Å². The number of aromatic nitrogens is 1. The number of carbonyl (C=O) groups excluding carboxylic acids is 2. The highest BCUT2D eigenvalue weighted by Crippen LogP contribution is 2.29. The van der Waals surface area contributed by atoms with Gasteiger partial charge in [0.2, 0.25) is 11.8 Å². The highest BCUT2D eigenvalue weighted by Gasteiger charge is 2.31. The first-order valence-electron chi connectivity index (χ1n) is 10.6. The minimum Gasteiger partial charge on any atom is -0.406 e. The Kier molecular flexibility index (Phi) is 6.48. The molecule has 1 N–H and O–H groups in total. The third-order valence-corrected chi connectivity index (χ3v) is 5.48. The Hall–Kier alpha value is -3.62. The van der Waals surface area contributed by atoms with Gasteiger partial charge in [-0.25, -0.2) is 4.98 Å². The molecule has 0 saturated carbocycles. The van der Waals surface area contributed by atoms with Crippen LogP contribution in [-0.4, -0.2) is 41.2 Å². The molecule has 33 heavy (non-hydrogen) atoms. The Labute approximate surface area is 188 Å². The monoisotopic (exact) mass is 457 g/mol. The molecule has 0 bridgehead atoms. The number of nitrogens with zero attached hydrogens (tertiary/aromatic N) is 2. The number of rotatable bonds is 4. The van der Waals surface area contributed by atoms with Gasteiger partial charge in [0, 0.05) is 31.8 Å². The molecule has 1 aromatic carbocycles. The van der Waals surface area contributed by atoms with Crippen LogP contribution in [0.4, 0.5) is 19.0 Å². The Morgan fingerprint density at radius 1 is 1.15 bits per heavy atom. The van der Waals surface area contributed by atoms with Crippen LogP contribution in [0.1, 0.15) is 36.0 Å². The van der Waals surface area contributed by atoms with Crippen LogP contribution >= 0.6 is 0 Å². The van der Waals surface area contributed by atoms with Crippen molar-refractivity contribution in [1.29, 1.82) is 0 Å². The number of nitrogens with one attached hydrogen (secondary N) is 1. The van der Waals surface area contributed by atoms with Gasteiger partial charge in [0.25, 0.3) is 0 Å². The van der Waals surface area contributed by atoms with Gasteiger partial charge in [-0.2, -0.15) is 0 Å². The number of ether oxygens (including phenoxy) is 1. The average molecular weight is 457 g/mol. The normalized spacial score (nSPS) is 16.6. The van der Waals surface area contributed by atoms with Gasteiger partial charge in [-0.05, 0) is 65.8 Å². The summed E-state index contributed by atoms with van der Waals surface area (Å²) in [5, 5.41) is 2.72. The van der Waals surface area contributed by atoms with Gasteiger partial charge in [0.1, 0.15) is 11.6 Å². The van der Waals surface area contributed by atoms with Gasteiger partial charge >= 0.3 is 6.36 Å². The van der Waals surface area contributed by atoms with Crippen LogP contribution < -0.4 is 10.1 Å². The smallest absolute Gasteiger partial charge is 0.406 e. The van der Waals surface area contributed by atoms with E-state index in [1.165, 1.54) is 24.3 Å². The lowest BCUT2D eigenvalue weighted by Crippen LogP contribution is -2.30. The number of alkyl halides is 3. The quantitative estimate of drug-likeness (QED) is 0.682. The van der Waals surface area contributed by atoms with Crippen LogP contribution in [0, 0.1) is 0 Å². The lowest BCUT2D eigenvalue weighted by Gasteiger charge is -2.19. The molecule has 4 rings (SSSR count). The Balaban J connectivity index is 1.37. The molecule has 2 aliphatic heterocycles. The van der Waals surface area contributed by atoms with E-state index in [0.717, 1.165) is 16.7 Å². The molecule has 0 aliphatic carbocycles. The third-order valence-electron chi connectivity index (χ3n) is 5.48. The molecule has 2 amide bonds. The lowest BCUT2D eigenvalue weighted by atomic mass is 10.0. The van der Waals surface area contributed by atoms with E-state index in [9.17, 15) is 22.8 Å². The maximum Gasteiger partial charge on any atom is 0.573 e. The minimum atomic E-state index is -4.74. The summed E-state index contributed by atoms with van der Waals surface area (Å²) in [4.78, 5) is 30.1. The van der Waals surface area contributed by atoms with E-state index in [2.05, 4.69) is 15.0 Å². The summed E-state index contributed by atoms with van der Waals surface area (Å²) in [6, 6.07) is 7.79. The molecule has 0 spiro atoms. The van der Waals surface area contributed by atoms with Gasteiger partial charge in [-0.3, -0.25) is 9.59 Å². The maximum absolute atomic E-state index is 12.7. The first-order chi connectivity index (χ1) is 15.8. The van der Waals surface area contributed by atoms with Crippen LogP contribution in [0.15, 0.2) is 48.7 Å². The van der Waals surface area contributed by atoms with Crippen molar-refractivity contribution in [2.75, 3.05) is 18.4 Å². The van der Waals surface area contributed by atoms with Gasteiger partial charge in [0.15, 0.2) is 0 Å². The maximum atomic E-state index is 12.7. The third kappa shape index (κ3) is 6.00. The Morgan fingerprint density at radius 3 is 2.82 bits per heavy atom. The fourth-order valence-corrected chi connectivity index (χ4v) is 3.88. The van der Waals surface area contributed by atoms with Crippen molar-refractivity contribution >= 4 is 29.3 Å². The van der Waals surface area contributed by atoms with Crippen molar-refractivity contribution in [3.63, 3.8) is 0 Å². The first kappa shape index (κ1) is 22.6.